The average Bonchev–Trinajstić information content (AvgIpc) is 2.18. The summed E-state index contributed by atoms with van der Waals surface area (Å²) in [6.07, 6.45) is -1.59. The molecule has 15 heavy (non-hydrogen) atoms. The molecule has 0 saturated carbocycles. The molecule has 0 heterocycles. The molecular formula is C11H12ClFO2. The van der Waals surface area contributed by atoms with Crippen molar-refractivity contribution in [3.8, 4) is 0 Å². The Morgan fingerprint density at radius 1 is 1.47 bits per heavy atom. The highest BCUT2D eigenvalue weighted by molar-refractivity contribution is 6.30. The van der Waals surface area contributed by atoms with Crippen LogP contribution in [0, 0.1) is 0 Å². The zero-order valence-corrected chi connectivity index (χ0v) is 9.13. The van der Waals surface area contributed by atoms with Gasteiger partial charge in [-0.1, -0.05) is 23.7 Å². The van der Waals surface area contributed by atoms with E-state index in [0.29, 0.717) is 10.6 Å². The van der Waals surface area contributed by atoms with Gasteiger partial charge in [0.2, 0.25) is 0 Å². The Morgan fingerprint density at radius 3 is 2.60 bits per heavy atom. The summed E-state index contributed by atoms with van der Waals surface area (Å²) in [5.41, 5.74) is 0.437. The van der Waals surface area contributed by atoms with Crippen LogP contribution in [-0.4, -0.2) is 12.6 Å². The molecule has 1 aromatic carbocycles. The number of esters is 1. The summed E-state index contributed by atoms with van der Waals surface area (Å²) in [4.78, 5) is 11.0. The van der Waals surface area contributed by atoms with Crippen molar-refractivity contribution >= 4 is 17.6 Å². The average molecular weight is 231 g/mol. The first kappa shape index (κ1) is 12.0. The van der Waals surface area contributed by atoms with Gasteiger partial charge in [0.05, 0.1) is 13.0 Å². The minimum atomic E-state index is -1.33. The molecule has 1 unspecified atom stereocenters. The monoisotopic (exact) mass is 230 g/mol. The fourth-order valence-electron chi connectivity index (χ4n) is 1.16. The van der Waals surface area contributed by atoms with E-state index in [2.05, 4.69) is 4.74 Å². The van der Waals surface area contributed by atoms with E-state index in [0.717, 1.165) is 0 Å². The molecule has 0 amide bonds. The van der Waals surface area contributed by atoms with Crippen LogP contribution >= 0.6 is 11.6 Å². The molecule has 0 bridgehead atoms. The van der Waals surface area contributed by atoms with Gasteiger partial charge in [-0.3, -0.25) is 4.79 Å². The van der Waals surface area contributed by atoms with E-state index in [1.807, 2.05) is 0 Å². The number of ether oxygens (including phenoxy) is 1. The zero-order valence-electron chi connectivity index (χ0n) is 8.37. The molecule has 0 radical (unpaired) electrons. The van der Waals surface area contributed by atoms with Gasteiger partial charge in [0.25, 0.3) is 0 Å². The predicted molar refractivity (Wildman–Crippen MR) is 56.6 cm³/mol. The van der Waals surface area contributed by atoms with E-state index < -0.39 is 12.1 Å². The second kappa shape index (κ2) is 5.71. The third-order valence-corrected chi connectivity index (χ3v) is 2.13. The molecule has 82 valence electrons. The lowest BCUT2D eigenvalue weighted by Gasteiger charge is -2.07. The van der Waals surface area contributed by atoms with E-state index in [9.17, 15) is 9.18 Å². The number of halogens is 2. The highest BCUT2D eigenvalue weighted by Crippen LogP contribution is 2.23. The molecule has 0 aliphatic heterocycles. The normalized spacial score (nSPS) is 12.2. The first-order valence-electron chi connectivity index (χ1n) is 4.68. The van der Waals surface area contributed by atoms with Crippen LogP contribution in [0.25, 0.3) is 0 Å². The van der Waals surface area contributed by atoms with Crippen LogP contribution in [0.2, 0.25) is 5.02 Å². The minimum Gasteiger partial charge on any atom is -0.466 e. The lowest BCUT2D eigenvalue weighted by Crippen LogP contribution is -2.07. The summed E-state index contributed by atoms with van der Waals surface area (Å²) in [7, 11) is 0. The SMILES string of the molecule is CCOC(=O)CC(F)c1ccc(Cl)cc1. The Bertz CT molecular complexity index is 324. The number of benzene rings is 1. The van der Waals surface area contributed by atoms with E-state index in [1.165, 1.54) is 0 Å². The predicted octanol–water partition coefficient (Wildman–Crippen LogP) is 3.30. The van der Waals surface area contributed by atoms with Crippen LogP contribution in [0.3, 0.4) is 0 Å². The first-order chi connectivity index (χ1) is 7.13. The standard InChI is InChI=1S/C11H12ClFO2/c1-2-15-11(14)7-10(13)8-3-5-9(12)6-4-8/h3-6,10H,2,7H2,1H3. The molecule has 0 fully saturated rings. The summed E-state index contributed by atoms with van der Waals surface area (Å²) in [5, 5.41) is 0.544. The number of carbonyl (C=O) groups is 1. The third kappa shape index (κ3) is 3.88. The molecule has 0 aromatic heterocycles. The van der Waals surface area contributed by atoms with Crippen molar-refractivity contribution in [3.05, 3.63) is 34.9 Å². The highest BCUT2D eigenvalue weighted by Gasteiger charge is 2.15. The van der Waals surface area contributed by atoms with Gasteiger partial charge in [0, 0.05) is 5.02 Å². The Kier molecular flexibility index (Phi) is 4.56. The summed E-state index contributed by atoms with van der Waals surface area (Å²) in [5.74, 6) is -0.528. The topological polar surface area (TPSA) is 26.3 Å². The van der Waals surface area contributed by atoms with Gasteiger partial charge in [-0.2, -0.15) is 0 Å². The lowest BCUT2D eigenvalue weighted by atomic mass is 10.1. The molecule has 0 N–H and O–H groups in total. The van der Waals surface area contributed by atoms with Gasteiger partial charge >= 0.3 is 5.97 Å². The van der Waals surface area contributed by atoms with Crippen molar-refractivity contribution in [1.29, 1.82) is 0 Å². The molecule has 0 aliphatic rings. The van der Waals surface area contributed by atoms with Crippen molar-refractivity contribution in [1.82, 2.24) is 0 Å². The fraction of sp³-hybridized carbons (Fsp3) is 0.364. The van der Waals surface area contributed by atoms with Crippen LogP contribution in [0.4, 0.5) is 4.39 Å². The summed E-state index contributed by atoms with van der Waals surface area (Å²) in [6, 6.07) is 6.31. The Labute approximate surface area is 93.0 Å². The highest BCUT2D eigenvalue weighted by atomic mass is 35.5. The number of carbonyl (C=O) groups excluding carboxylic acids is 1. The van der Waals surface area contributed by atoms with E-state index in [4.69, 9.17) is 11.6 Å². The molecule has 4 heteroatoms. The molecule has 0 spiro atoms. The third-order valence-electron chi connectivity index (χ3n) is 1.88. The van der Waals surface area contributed by atoms with E-state index >= 15 is 0 Å². The van der Waals surface area contributed by atoms with Gasteiger partial charge in [0.15, 0.2) is 0 Å². The van der Waals surface area contributed by atoms with Crippen molar-refractivity contribution < 1.29 is 13.9 Å². The van der Waals surface area contributed by atoms with Crippen molar-refractivity contribution in [2.24, 2.45) is 0 Å². The Balaban J connectivity index is 2.57. The van der Waals surface area contributed by atoms with E-state index in [1.54, 1.807) is 31.2 Å². The second-order valence-corrected chi connectivity index (χ2v) is 3.46. The molecule has 0 saturated heterocycles. The first-order valence-corrected chi connectivity index (χ1v) is 5.06. The molecule has 1 aromatic rings. The maximum atomic E-state index is 13.5. The van der Waals surface area contributed by atoms with Gasteiger partial charge in [0.1, 0.15) is 6.17 Å². The van der Waals surface area contributed by atoms with Crippen LogP contribution in [0.5, 0.6) is 0 Å². The van der Waals surface area contributed by atoms with Gasteiger partial charge in [-0.25, -0.2) is 4.39 Å². The number of hydrogen-bond acceptors (Lipinski definition) is 2. The number of alkyl halides is 1. The maximum absolute atomic E-state index is 13.5. The summed E-state index contributed by atoms with van der Waals surface area (Å²) < 4.78 is 18.1. The lowest BCUT2D eigenvalue weighted by molar-refractivity contribution is -0.144. The maximum Gasteiger partial charge on any atom is 0.309 e. The summed E-state index contributed by atoms with van der Waals surface area (Å²) >= 11 is 5.66. The van der Waals surface area contributed by atoms with E-state index in [-0.39, 0.29) is 13.0 Å². The van der Waals surface area contributed by atoms with Crippen molar-refractivity contribution in [2.75, 3.05) is 6.61 Å². The number of hydrogen-bond donors (Lipinski definition) is 0. The Hall–Kier alpha value is -1.09. The quantitative estimate of drug-likeness (QED) is 0.742. The molecule has 0 aliphatic carbocycles. The molecule has 1 atom stereocenters. The number of rotatable bonds is 4. The molecule has 1 rings (SSSR count). The van der Waals surface area contributed by atoms with Crippen molar-refractivity contribution in [2.45, 2.75) is 19.5 Å². The van der Waals surface area contributed by atoms with Crippen LogP contribution < -0.4 is 0 Å². The van der Waals surface area contributed by atoms with Gasteiger partial charge in [-0.05, 0) is 24.6 Å². The summed E-state index contributed by atoms with van der Waals surface area (Å²) in [6.45, 7) is 1.96. The largest absolute Gasteiger partial charge is 0.466 e. The van der Waals surface area contributed by atoms with Crippen LogP contribution in [0.1, 0.15) is 25.1 Å². The van der Waals surface area contributed by atoms with Gasteiger partial charge < -0.3 is 4.74 Å². The molecular weight excluding hydrogens is 219 g/mol. The zero-order chi connectivity index (χ0) is 11.3. The fourth-order valence-corrected chi connectivity index (χ4v) is 1.28. The second-order valence-electron chi connectivity index (χ2n) is 3.03. The van der Waals surface area contributed by atoms with Crippen molar-refractivity contribution in [3.63, 3.8) is 0 Å². The molecule has 2 nitrogen and oxygen atoms in total. The Morgan fingerprint density at radius 2 is 2.07 bits per heavy atom. The van der Waals surface area contributed by atoms with Gasteiger partial charge in [-0.15, -0.1) is 0 Å². The van der Waals surface area contributed by atoms with Crippen LogP contribution in [-0.2, 0) is 9.53 Å². The van der Waals surface area contributed by atoms with Crippen LogP contribution in [0.15, 0.2) is 24.3 Å². The minimum absolute atomic E-state index is 0.254. The smallest absolute Gasteiger partial charge is 0.309 e.